The molecule has 25 heavy (non-hydrogen) atoms. The van der Waals surface area contributed by atoms with Crippen LogP contribution in [-0.2, 0) is 10.0 Å². The molecule has 0 bridgehead atoms. The highest BCUT2D eigenvalue weighted by molar-refractivity contribution is 7.89. The molecular weight excluding hydrogens is 346 g/mol. The molecule has 3 rings (SSSR count). The predicted molar refractivity (Wildman–Crippen MR) is 90.6 cm³/mol. The summed E-state index contributed by atoms with van der Waals surface area (Å²) in [5, 5.41) is 10.2. The highest BCUT2D eigenvalue weighted by Crippen LogP contribution is 2.23. The van der Waals surface area contributed by atoms with Crippen LogP contribution < -0.4 is 0 Å². The van der Waals surface area contributed by atoms with Crippen molar-refractivity contribution in [1.82, 2.24) is 23.6 Å². The molecule has 1 amide bonds. The maximum atomic E-state index is 12.9. The molecule has 2 atom stereocenters. The summed E-state index contributed by atoms with van der Waals surface area (Å²) in [6.07, 6.45) is 2.42. The van der Waals surface area contributed by atoms with Gasteiger partial charge in [0.2, 0.25) is 15.8 Å². The quantitative estimate of drug-likeness (QED) is 0.770. The molecule has 1 aliphatic rings. The molecule has 2 aromatic rings. The third kappa shape index (κ3) is 3.24. The largest absolute Gasteiger partial charge is 0.391 e. The second-order valence-corrected chi connectivity index (χ2v) is 8.66. The number of hydrogen-bond donors (Lipinski definition) is 1. The molecular formula is C15H21N5O4S. The second-order valence-electron chi connectivity index (χ2n) is 6.43. The average molecular weight is 367 g/mol. The number of aryl methyl sites for hydroxylation is 1. The zero-order chi connectivity index (χ0) is 18.4. The van der Waals surface area contributed by atoms with Crippen molar-refractivity contribution in [1.29, 1.82) is 0 Å². The number of amides is 1. The van der Waals surface area contributed by atoms with Crippen molar-refractivity contribution >= 4 is 21.7 Å². The molecule has 2 aromatic heterocycles. The first-order valence-electron chi connectivity index (χ1n) is 7.88. The Kier molecular flexibility index (Phi) is 4.52. The molecule has 1 fully saturated rings. The number of sulfonamides is 1. The van der Waals surface area contributed by atoms with E-state index in [-0.39, 0.29) is 24.7 Å². The van der Waals surface area contributed by atoms with E-state index in [1.165, 1.54) is 19.0 Å². The van der Waals surface area contributed by atoms with E-state index in [2.05, 4.69) is 9.97 Å². The Labute approximate surface area is 146 Å². The molecule has 0 aliphatic carbocycles. The molecule has 10 heteroatoms. The van der Waals surface area contributed by atoms with Crippen LogP contribution >= 0.6 is 0 Å². The number of carbonyl (C=O) groups excluding carboxylic acids is 1. The van der Waals surface area contributed by atoms with Gasteiger partial charge < -0.3 is 10.0 Å². The second kappa shape index (κ2) is 6.36. The first-order chi connectivity index (χ1) is 11.7. The van der Waals surface area contributed by atoms with Gasteiger partial charge in [0.25, 0.3) is 5.91 Å². The van der Waals surface area contributed by atoms with Gasteiger partial charge in [-0.25, -0.2) is 22.7 Å². The van der Waals surface area contributed by atoms with Gasteiger partial charge in [-0.1, -0.05) is 0 Å². The molecule has 9 nitrogen and oxygen atoms in total. The number of β-amino-alcohol motifs (C(OH)–C–C–N with tert-alkyl or cyclic N) is 1. The Morgan fingerprint density at radius 3 is 2.80 bits per heavy atom. The van der Waals surface area contributed by atoms with Crippen LogP contribution in [0, 0.1) is 12.8 Å². The van der Waals surface area contributed by atoms with Crippen LogP contribution in [0.1, 0.15) is 16.2 Å². The minimum atomic E-state index is -3.45. The summed E-state index contributed by atoms with van der Waals surface area (Å²) in [5.41, 5.74) is 0.925. The fraction of sp³-hybridized carbons (Fsp3) is 0.533. The number of likely N-dealkylation sites (tertiary alicyclic amines) is 1. The van der Waals surface area contributed by atoms with Gasteiger partial charge in [-0.2, -0.15) is 0 Å². The lowest BCUT2D eigenvalue weighted by atomic mass is 10.1. The summed E-state index contributed by atoms with van der Waals surface area (Å²) in [4.78, 5) is 22.8. The molecule has 0 spiro atoms. The number of aliphatic hydroxyl groups excluding tert-OH is 1. The topological polar surface area (TPSA) is 108 Å². The summed E-state index contributed by atoms with van der Waals surface area (Å²) < 4.78 is 26.8. The lowest BCUT2D eigenvalue weighted by Gasteiger charge is -2.18. The SMILES string of the molecule is Cc1nc2ncccn2c1C(=O)N1C[C@@H](CS(=O)(=O)N(C)C)[C@H](O)C1. The van der Waals surface area contributed by atoms with Crippen LogP contribution in [0.25, 0.3) is 5.78 Å². The molecule has 0 unspecified atom stereocenters. The minimum absolute atomic E-state index is 0.0966. The maximum Gasteiger partial charge on any atom is 0.272 e. The lowest BCUT2D eigenvalue weighted by Crippen LogP contribution is -2.34. The van der Waals surface area contributed by atoms with E-state index in [4.69, 9.17) is 0 Å². The highest BCUT2D eigenvalue weighted by atomic mass is 32.2. The molecule has 0 saturated carbocycles. The van der Waals surface area contributed by atoms with Crippen molar-refractivity contribution in [3.8, 4) is 0 Å². The molecule has 3 heterocycles. The number of aromatic nitrogens is 3. The monoisotopic (exact) mass is 367 g/mol. The van der Waals surface area contributed by atoms with Crippen LogP contribution in [-0.4, -0.2) is 82.0 Å². The van der Waals surface area contributed by atoms with Crippen molar-refractivity contribution in [3.05, 3.63) is 29.8 Å². The molecule has 136 valence electrons. The van der Waals surface area contributed by atoms with E-state index in [0.29, 0.717) is 17.2 Å². The highest BCUT2D eigenvalue weighted by Gasteiger charge is 2.38. The first kappa shape index (κ1) is 17.8. The predicted octanol–water partition coefficient (Wildman–Crippen LogP) is -0.638. The van der Waals surface area contributed by atoms with Crippen molar-refractivity contribution in [2.45, 2.75) is 13.0 Å². The fourth-order valence-corrected chi connectivity index (χ4v) is 4.18. The number of hydrogen-bond acceptors (Lipinski definition) is 6. The van der Waals surface area contributed by atoms with E-state index in [9.17, 15) is 18.3 Å². The van der Waals surface area contributed by atoms with Crippen LogP contribution in [0.3, 0.4) is 0 Å². The number of imidazole rings is 1. The van der Waals surface area contributed by atoms with E-state index in [1.54, 1.807) is 29.8 Å². The van der Waals surface area contributed by atoms with Gasteiger partial charge in [0.1, 0.15) is 5.69 Å². The van der Waals surface area contributed by atoms with Gasteiger partial charge in [-0.15, -0.1) is 0 Å². The van der Waals surface area contributed by atoms with Crippen LogP contribution in [0.15, 0.2) is 18.5 Å². The van der Waals surface area contributed by atoms with Crippen molar-refractivity contribution < 1.29 is 18.3 Å². The van der Waals surface area contributed by atoms with E-state index in [0.717, 1.165) is 4.31 Å². The maximum absolute atomic E-state index is 12.9. The van der Waals surface area contributed by atoms with Crippen molar-refractivity contribution in [2.75, 3.05) is 32.9 Å². The van der Waals surface area contributed by atoms with Gasteiger partial charge in [0.15, 0.2) is 0 Å². The van der Waals surface area contributed by atoms with Gasteiger partial charge >= 0.3 is 0 Å². The minimum Gasteiger partial charge on any atom is -0.391 e. The summed E-state index contributed by atoms with van der Waals surface area (Å²) in [6, 6.07) is 1.70. The van der Waals surface area contributed by atoms with Gasteiger partial charge in [0, 0.05) is 45.5 Å². The molecule has 1 aliphatic heterocycles. The smallest absolute Gasteiger partial charge is 0.272 e. The van der Waals surface area contributed by atoms with E-state index in [1.807, 2.05) is 0 Å². The number of nitrogens with zero attached hydrogens (tertiary/aromatic N) is 5. The van der Waals surface area contributed by atoms with Crippen LogP contribution in [0.2, 0.25) is 0 Å². The lowest BCUT2D eigenvalue weighted by molar-refractivity contribution is 0.0757. The van der Waals surface area contributed by atoms with Crippen LogP contribution in [0.4, 0.5) is 0 Å². The molecule has 0 radical (unpaired) electrons. The van der Waals surface area contributed by atoms with Crippen molar-refractivity contribution in [2.24, 2.45) is 5.92 Å². The van der Waals surface area contributed by atoms with Crippen LogP contribution in [0.5, 0.6) is 0 Å². The Hall–Kier alpha value is -2.04. The summed E-state index contributed by atoms with van der Waals surface area (Å²) in [6.45, 7) is 2.00. The number of fused-ring (bicyclic) bond motifs is 1. The Balaban J connectivity index is 1.83. The zero-order valence-corrected chi connectivity index (χ0v) is 15.1. The molecule has 1 saturated heterocycles. The third-order valence-electron chi connectivity index (χ3n) is 4.46. The van der Waals surface area contributed by atoms with Gasteiger partial charge in [-0.3, -0.25) is 9.20 Å². The molecule has 1 N–H and O–H groups in total. The summed E-state index contributed by atoms with van der Waals surface area (Å²) in [5.74, 6) is -0.580. The first-order valence-corrected chi connectivity index (χ1v) is 9.49. The number of carbonyl (C=O) groups is 1. The van der Waals surface area contributed by atoms with E-state index < -0.39 is 22.0 Å². The summed E-state index contributed by atoms with van der Waals surface area (Å²) in [7, 11) is -0.547. The Bertz CT molecular complexity index is 908. The zero-order valence-electron chi connectivity index (χ0n) is 14.3. The van der Waals surface area contributed by atoms with Gasteiger partial charge in [-0.05, 0) is 13.0 Å². The fourth-order valence-electron chi connectivity index (χ4n) is 3.01. The average Bonchev–Trinajstić information content (AvgIpc) is 3.06. The van der Waals surface area contributed by atoms with E-state index >= 15 is 0 Å². The van der Waals surface area contributed by atoms with Gasteiger partial charge in [0.05, 0.1) is 17.6 Å². The van der Waals surface area contributed by atoms with Crippen molar-refractivity contribution in [3.63, 3.8) is 0 Å². The third-order valence-corrected chi connectivity index (χ3v) is 6.42. The number of rotatable bonds is 4. The number of aliphatic hydroxyl groups is 1. The normalized spacial score (nSPS) is 21.4. The molecule has 0 aromatic carbocycles. The Morgan fingerprint density at radius 1 is 1.40 bits per heavy atom. The summed E-state index contributed by atoms with van der Waals surface area (Å²) >= 11 is 0. The standard InChI is InChI=1S/C15H21N5O4S/c1-10-13(20-6-4-5-16-15(20)17-10)14(22)19-7-11(12(21)8-19)9-25(23,24)18(2)3/h4-6,11-12,21H,7-9H2,1-3H3/t11-,12+/m0/s1. The Morgan fingerprint density at radius 2 is 2.12 bits per heavy atom.